The number of rotatable bonds is 17. The van der Waals surface area contributed by atoms with Gasteiger partial charge in [-0.1, -0.05) is 84.3 Å². The third kappa shape index (κ3) is 9.07. The van der Waals surface area contributed by atoms with Crippen LogP contribution < -0.4 is 0 Å². The molecule has 0 aliphatic rings. The van der Waals surface area contributed by atoms with Crippen LogP contribution in [0.15, 0.2) is 24.3 Å². The lowest BCUT2D eigenvalue weighted by molar-refractivity contribution is -0.0712. The minimum absolute atomic E-state index is 0.0476. The van der Waals surface area contributed by atoms with Crippen molar-refractivity contribution in [3.63, 3.8) is 0 Å². The second-order valence-corrected chi connectivity index (χ2v) is 8.46. The summed E-state index contributed by atoms with van der Waals surface area (Å²) >= 11 is 0. The molecule has 0 spiro atoms. The Morgan fingerprint density at radius 2 is 1.46 bits per heavy atom. The zero-order valence-corrected chi connectivity index (χ0v) is 19.1. The quantitative estimate of drug-likeness (QED) is 0.241. The van der Waals surface area contributed by atoms with Crippen molar-refractivity contribution in [2.24, 2.45) is 5.92 Å². The van der Waals surface area contributed by atoms with E-state index >= 15 is 0 Å². The topological polar surface area (TPSA) is 9.23 Å². The number of ether oxygens (including phenoxy) is 1. The molecule has 1 atom stereocenters. The van der Waals surface area contributed by atoms with Crippen molar-refractivity contribution in [1.82, 2.24) is 0 Å². The molecule has 1 aromatic rings. The van der Waals surface area contributed by atoms with E-state index in [4.69, 9.17) is 4.74 Å². The summed E-state index contributed by atoms with van der Waals surface area (Å²) in [7, 11) is 1.91. The van der Waals surface area contributed by atoms with Crippen LogP contribution in [-0.4, -0.2) is 12.7 Å². The van der Waals surface area contributed by atoms with Crippen LogP contribution in [0.25, 0.3) is 0 Å². The van der Waals surface area contributed by atoms with Crippen molar-refractivity contribution < 1.29 is 9.13 Å². The maximum absolute atomic E-state index is 13.3. The first-order valence-corrected chi connectivity index (χ1v) is 11.9. The molecule has 1 aromatic carbocycles. The normalized spacial score (nSPS) is 13.0. The molecule has 0 fully saturated rings. The van der Waals surface area contributed by atoms with Gasteiger partial charge in [-0.25, -0.2) is 4.39 Å². The van der Waals surface area contributed by atoms with Crippen molar-refractivity contribution in [2.75, 3.05) is 7.11 Å². The highest BCUT2D eigenvalue weighted by molar-refractivity contribution is 5.16. The van der Waals surface area contributed by atoms with Gasteiger partial charge in [-0.3, -0.25) is 0 Å². The second-order valence-electron chi connectivity index (χ2n) is 8.46. The Labute approximate surface area is 174 Å². The highest BCUT2D eigenvalue weighted by Gasteiger charge is 2.34. The minimum Gasteiger partial charge on any atom is -0.378 e. The molecular weight excluding hydrogens is 347 g/mol. The lowest BCUT2D eigenvalue weighted by atomic mass is 9.76. The van der Waals surface area contributed by atoms with Gasteiger partial charge in [0.25, 0.3) is 0 Å². The standard InChI is InChI=1S/C26H45FO/c1-5-8-9-10-11-14-19-24(26(6-2,7-3)28-4)20-15-12-13-17-23-18-16-21-25(27)22-23/h16,18,21-22,24H,5-15,17,19-20H2,1-4H3. The van der Waals surface area contributed by atoms with Crippen LogP contribution in [0.1, 0.15) is 110 Å². The largest absolute Gasteiger partial charge is 0.378 e. The lowest BCUT2D eigenvalue weighted by Gasteiger charge is -2.39. The van der Waals surface area contributed by atoms with Gasteiger partial charge in [0.1, 0.15) is 5.82 Å². The van der Waals surface area contributed by atoms with Crippen molar-refractivity contribution in [3.8, 4) is 0 Å². The van der Waals surface area contributed by atoms with E-state index in [0.717, 1.165) is 31.2 Å². The van der Waals surface area contributed by atoms with Crippen molar-refractivity contribution in [2.45, 2.75) is 116 Å². The van der Waals surface area contributed by atoms with Gasteiger partial charge in [0.05, 0.1) is 5.60 Å². The van der Waals surface area contributed by atoms with E-state index in [1.807, 2.05) is 19.2 Å². The van der Waals surface area contributed by atoms with Crippen LogP contribution in [0, 0.1) is 11.7 Å². The molecule has 0 aromatic heterocycles. The van der Waals surface area contributed by atoms with Crippen LogP contribution in [0.4, 0.5) is 4.39 Å². The molecule has 1 unspecified atom stereocenters. The molecule has 0 radical (unpaired) electrons. The van der Waals surface area contributed by atoms with Crippen LogP contribution in [0.3, 0.4) is 0 Å². The molecule has 2 heteroatoms. The molecule has 0 heterocycles. The van der Waals surface area contributed by atoms with E-state index in [0.29, 0.717) is 5.92 Å². The number of halogens is 1. The Balaban J connectivity index is 2.43. The molecule has 0 saturated heterocycles. The summed E-state index contributed by atoms with van der Waals surface area (Å²) < 4.78 is 19.4. The highest BCUT2D eigenvalue weighted by atomic mass is 19.1. The van der Waals surface area contributed by atoms with Gasteiger partial charge in [-0.2, -0.15) is 0 Å². The fraction of sp³-hybridized carbons (Fsp3) is 0.769. The molecule has 0 saturated carbocycles. The van der Waals surface area contributed by atoms with E-state index in [1.54, 1.807) is 6.07 Å². The highest BCUT2D eigenvalue weighted by Crippen LogP contribution is 2.36. The molecular formula is C26H45FO. The van der Waals surface area contributed by atoms with Gasteiger partial charge >= 0.3 is 0 Å². The summed E-state index contributed by atoms with van der Waals surface area (Å²) in [6.45, 7) is 6.84. The van der Waals surface area contributed by atoms with Crippen LogP contribution in [-0.2, 0) is 11.2 Å². The van der Waals surface area contributed by atoms with E-state index in [1.165, 1.54) is 70.3 Å². The summed E-state index contributed by atoms with van der Waals surface area (Å²) in [6, 6.07) is 7.05. The van der Waals surface area contributed by atoms with E-state index < -0.39 is 0 Å². The Morgan fingerprint density at radius 1 is 0.857 bits per heavy atom. The first kappa shape index (κ1) is 25.1. The molecule has 162 valence electrons. The summed E-state index contributed by atoms with van der Waals surface area (Å²) in [5.74, 6) is 0.542. The van der Waals surface area contributed by atoms with Gasteiger partial charge in [0, 0.05) is 7.11 Å². The average molecular weight is 393 g/mol. The fourth-order valence-corrected chi connectivity index (χ4v) is 4.71. The number of aryl methyl sites for hydroxylation is 1. The van der Waals surface area contributed by atoms with Crippen LogP contribution >= 0.6 is 0 Å². The SMILES string of the molecule is CCCCCCCCC(CCCCCc1cccc(F)c1)C(CC)(CC)OC. The predicted octanol–water partition coefficient (Wildman–Crippen LogP) is 8.50. The first-order valence-electron chi connectivity index (χ1n) is 11.9. The maximum Gasteiger partial charge on any atom is 0.123 e. The monoisotopic (exact) mass is 392 g/mol. The lowest BCUT2D eigenvalue weighted by Crippen LogP contribution is -2.39. The van der Waals surface area contributed by atoms with Crippen molar-refractivity contribution >= 4 is 0 Å². The Hall–Kier alpha value is -0.890. The zero-order chi connectivity index (χ0) is 20.7. The Kier molecular flexibility index (Phi) is 13.5. The molecule has 1 nitrogen and oxygen atoms in total. The van der Waals surface area contributed by atoms with Gasteiger partial charge < -0.3 is 4.74 Å². The van der Waals surface area contributed by atoms with E-state index in [-0.39, 0.29) is 11.4 Å². The molecule has 0 amide bonds. The van der Waals surface area contributed by atoms with Gasteiger partial charge in [-0.15, -0.1) is 0 Å². The summed E-state index contributed by atoms with van der Waals surface area (Å²) in [4.78, 5) is 0. The van der Waals surface area contributed by atoms with E-state index in [2.05, 4.69) is 20.8 Å². The minimum atomic E-state index is -0.118. The maximum atomic E-state index is 13.3. The summed E-state index contributed by atoms with van der Waals surface area (Å²) in [6.07, 6.45) is 17.5. The van der Waals surface area contributed by atoms with Crippen LogP contribution in [0.5, 0.6) is 0 Å². The second kappa shape index (κ2) is 15.0. The fourth-order valence-electron chi connectivity index (χ4n) is 4.71. The van der Waals surface area contributed by atoms with Crippen molar-refractivity contribution in [3.05, 3.63) is 35.6 Å². The van der Waals surface area contributed by atoms with Crippen LogP contribution in [0.2, 0.25) is 0 Å². The molecule has 0 N–H and O–H groups in total. The smallest absolute Gasteiger partial charge is 0.123 e. The van der Waals surface area contributed by atoms with Gasteiger partial charge in [-0.05, 0) is 62.1 Å². The predicted molar refractivity (Wildman–Crippen MR) is 120 cm³/mol. The van der Waals surface area contributed by atoms with Crippen molar-refractivity contribution in [1.29, 1.82) is 0 Å². The molecule has 1 rings (SSSR count). The number of hydrogen-bond acceptors (Lipinski definition) is 1. The summed E-state index contributed by atoms with van der Waals surface area (Å²) in [5, 5.41) is 0. The Bertz CT molecular complexity index is 487. The molecule has 0 bridgehead atoms. The van der Waals surface area contributed by atoms with E-state index in [9.17, 15) is 4.39 Å². The summed E-state index contributed by atoms with van der Waals surface area (Å²) in [5.41, 5.74) is 1.17. The molecule has 0 aliphatic heterocycles. The average Bonchev–Trinajstić information content (AvgIpc) is 2.71. The number of benzene rings is 1. The molecule has 28 heavy (non-hydrogen) atoms. The third-order valence-electron chi connectivity index (χ3n) is 6.66. The third-order valence-corrected chi connectivity index (χ3v) is 6.66. The van der Waals surface area contributed by atoms with Gasteiger partial charge in [0.2, 0.25) is 0 Å². The number of hydrogen-bond donors (Lipinski definition) is 0. The zero-order valence-electron chi connectivity index (χ0n) is 19.1. The van der Waals surface area contributed by atoms with Gasteiger partial charge in [0.15, 0.2) is 0 Å². The first-order chi connectivity index (χ1) is 13.6. The number of unbranched alkanes of at least 4 members (excludes halogenated alkanes) is 7. The number of methoxy groups -OCH3 is 1. The molecule has 0 aliphatic carbocycles. The Morgan fingerprint density at radius 3 is 2.04 bits per heavy atom.